The van der Waals surface area contributed by atoms with E-state index in [1.54, 1.807) is 31.5 Å². The van der Waals surface area contributed by atoms with Crippen LogP contribution in [0.4, 0.5) is 10.5 Å². The van der Waals surface area contributed by atoms with Crippen molar-refractivity contribution in [3.05, 3.63) is 28.2 Å². The minimum Gasteiger partial charge on any atom is -0.331 e. The van der Waals surface area contributed by atoms with Gasteiger partial charge in [-0.05, 0) is 42.9 Å². The van der Waals surface area contributed by atoms with Crippen molar-refractivity contribution < 1.29 is 19.6 Å². The number of nitrogens with one attached hydrogen (secondary N) is 3. The highest BCUT2D eigenvalue weighted by molar-refractivity contribution is 6.35. The molecule has 1 aliphatic rings. The van der Waals surface area contributed by atoms with Gasteiger partial charge in [-0.2, -0.15) is 0 Å². The average Bonchev–Trinajstić information content (AvgIpc) is 3.20. The molecular formula is C20H28Cl2N4O4. The van der Waals surface area contributed by atoms with Crippen molar-refractivity contribution in [2.75, 3.05) is 18.4 Å². The fourth-order valence-corrected chi connectivity index (χ4v) is 3.89. The van der Waals surface area contributed by atoms with E-state index in [9.17, 15) is 14.4 Å². The van der Waals surface area contributed by atoms with E-state index in [0.29, 0.717) is 28.2 Å². The van der Waals surface area contributed by atoms with Crippen LogP contribution in [0.3, 0.4) is 0 Å². The number of halogens is 2. The summed E-state index contributed by atoms with van der Waals surface area (Å²) < 4.78 is 0. The van der Waals surface area contributed by atoms with Crippen molar-refractivity contribution in [2.24, 2.45) is 11.8 Å². The molecule has 30 heavy (non-hydrogen) atoms. The first-order chi connectivity index (χ1) is 14.2. The van der Waals surface area contributed by atoms with E-state index in [-0.39, 0.29) is 18.4 Å². The molecule has 4 N–H and O–H groups in total. The van der Waals surface area contributed by atoms with Gasteiger partial charge in [0.2, 0.25) is 5.91 Å². The molecule has 166 valence electrons. The van der Waals surface area contributed by atoms with E-state index in [2.05, 4.69) is 10.6 Å². The maximum atomic E-state index is 13.2. The molecule has 0 radical (unpaired) electrons. The molecule has 1 saturated carbocycles. The fraction of sp³-hybridized carbons (Fsp3) is 0.550. The number of hydrogen-bond donors (Lipinski definition) is 4. The van der Waals surface area contributed by atoms with Gasteiger partial charge >= 0.3 is 6.03 Å². The Kier molecular flexibility index (Phi) is 9.20. The summed E-state index contributed by atoms with van der Waals surface area (Å²) in [6.45, 7) is 3.72. The van der Waals surface area contributed by atoms with E-state index in [1.165, 1.54) is 11.0 Å². The molecule has 1 aromatic carbocycles. The highest BCUT2D eigenvalue weighted by Crippen LogP contribution is 2.27. The molecule has 2 rings (SSSR count). The van der Waals surface area contributed by atoms with Gasteiger partial charge < -0.3 is 15.5 Å². The summed E-state index contributed by atoms with van der Waals surface area (Å²) in [5, 5.41) is 14.9. The van der Waals surface area contributed by atoms with Crippen molar-refractivity contribution in [3.8, 4) is 0 Å². The SMILES string of the molecule is CC(C)[C@H](NC(=O)Nc1cc(Cl)ccc1Cl)C(=O)N(CC(=O)NO)CC1CCCC1. The maximum absolute atomic E-state index is 13.2. The number of amides is 4. The van der Waals surface area contributed by atoms with Crippen molar-refractivity contribution in [1.82, 2.24) is 15.7 Å². The quantitative estimate of drug-likeness (QED) is 0.351. The Balaban J connectivity index is 2.11. The summed E-state index contributed by atoms with van der Waals surface area (Å²) in [5.74, 6) is -0.999. The van der Waals surface area contributed by atoms with Crippen LogP contribution in [-0.4, -0.2) is 47.1 Å². The molecule has 0 aliphatic heterocycles. The number of nitrogens with zero attached hydrogens (tertiary/aromatic N) is 1. The second kappa shape index (κ2) is 11.4. The normalized spacial score (nSPS) is 15.0. The third-order valence-electron chi connectivity index (χ3n) is 5.12. The van der Waals surface area contributed by atoms with Gasteiger partial charge in [0.25, 0.3) is 5.91 Å². The van der Waals surface area contributed by atoms with Crippen LogP contribution in [0.15, 0.2) is 18.2 Å². The summed E-state index contributed by atoms with van der Waals surface area (Å²) in [5.41, 5.74) is 1.89. The summed E-state index contributed by atoms with van der Waals surface area (Å²) in [4.78, 5) is 38.9. The van der Waals surface area contributed by atoms with Gasteiger partial charge in [-0.1, -0.05) is 49.9 Å². The van der Waals surface area contributed by atoms with Gasteiger partial charge in [0.05, 0.1) is 10.7 Å². The summed E-state index contributed by atoms with van der Waals surface area (Å²) >= 11 is 12.0. The van der Waals surface area contributed by atoms with Crippen LogP contribution >= 0.6 is 23.2 Å². The standard InChI is InChI=1S/C20H28Cl2N4O4/c1-12(2)18(24-20(29)23-16-9-14(21)7-8-15(16)22)19(28)26(11-17(27)25-30)10-13-5-3-4-6-13/h7-9,12-13,18,30H,3-6,10-11H2,1-2H3,(H,25,27)(H2,23,24,29)/t18-/m0/s1. The third-order valence-corrected chi connectivity index (χ3v) is 5.68. The lowest BCUT2D eigenvalue weighted by Gasteiger charge is -2.31. The Labute approximate surface area is 186 Å². The van der Waals surface area contributed by atoms with Crippen molar-refractivity contribution in [1.29, 1.82) is 0 Å². The first kappa shape index (κ1) is 24.2. The molecular weight excluding hydrogens is 431 g/mol. The Bertz CT molecular complexity index is 769. The van der Waals surface area contributed by atoms with E-state index >= 15 is 0 Å². The van der Waals surface area contributed by atoms with Crippen LogP contribution < -0.4 is 16.1 Å². The molecule has 8 nitrogen and oxygen atoms in total. The van der Waals surface area contributed by atoms with Crippen molar-refractivity contribution >= 4 is 46.7 Å². The molecule has 0 bridgehead atoms. The highest BCUT2D eigenvalue weighted by Gasteiger charge is 2.32. The van der Waals surface area contributed by atoms with Gasteiger partial charge in [-0.3, -0.25) is 14.8 Å². The van der Waals surface area contributed by atoms with Gasteiger partial charge in [0.15, 0.2) is 0 Å². The molecule has 1 fully saturated rings. The Morgan fingerprint density at radius 2 is 1.87 bits per heavy atom. The van der Waals surface area contributed by atoms with Crippen LogP contribution in [-0.2, 0) is 9.59 Å². The minimum atomic E-state index is -0.865. The molecule has 1 atom stereocenters. The third kappa shape index (κ3) is 7.04. The summed E-state index contributed by atoms with van der Waals surface area (Å²) in [6, 6.07) is 3.18. The van der Waals surface area contributed by atoms with Gasteiger partial charge in [-0.15, -0.1) is 0 Å². The Hall–Kier alpha value is -2.03. The molecule has 0 aromatic heterocycles. The number of urea groups is 1. The predicted molar refractivity (Wildman–Crippen MR) is 116 cm³/mol. The number of hydroxylamine groups is 1. The van der Waals surface area contributed by atoms with E-state index < -0.39 is 18.0 Å². The summed E-state index contributed by atoms with van der Waals surface area (Å²) in [6.07, 6.45) is 4.15. The van der Waals surface area contributed by atoms with Crippen LogP contribution in [0.25, 0.3) is 0 Å². The van der Waals surface area contributed by atoms with E-state index in [1.807, 2.05) is 0 Å². The Morgan fingerprint density at radius 3 is 2.47 bits per heavy atom. The zero-order chi connectivity index (χ0) is 22.3. The van der Waals surface area contributed by atoms with Crippen LogP contribution in [0.1, 0.15) is 39.5 Å². The number of anilines is 1. The number of carbonyl (C=O) groups is 3. The number of carbonyl (C=O) groups excluding carboxylic acids is 3. The van der Waals surface area contributed by atoms with Gasteiger partial charge in [0.1, 0.15) is 12.6 Å². The lowest BCUT2D eigenvalue weighted by molar-refractivity contribution is -0.141. The second-order valence-corrected chi connectivity index (χ2v) is 8.69. The molecule has 1 aromatic rings. The number of hydrogen-bond acceptors (Lipinski definition) is 4. The zero-order valence-corrected chi connectivity index (χ0v) is 18.6. The first-order valence-corrected chi connectivity index (χ1v) is 10.7. The average molecular weight is 459 g/mol. The van der Waals surface area contributed by atoms with Crippen molar-refractivity contribution in [3.63, 3.8) is 0 Å². The van der Waals surface area contributed by atoms with Crippen LogP contribution in [0, 0.1) is 11.8 Å². The summed E-state index contributed by atoms with van der Waals surface area (Å²) in [7, 11) is 0. The lowest BCUT2D eigenvalue weighted by Crippen LogP contribution is -2.54. The fourth-order valence-electron chi connectivity index (χ4n) is 3.55. The maximum Gasteiger partial charge on any atom is 0.319 e. The topological polar surface area (TPSA) is 111 Å². The monoisotopic (exact) mass is 458 g/mol. The largest absolute Gasteiger partial charge is 0.331 e. The van der Waals surface area contributed by atoms with Crippen LogP contribution in [0.5, 0.6) is 0 Å². The first-order valence-electron chi connectivity index (χ1n) is 9.95. The zero-order valence-electron chi connectivity index (χ0n) is 17.1. The molecule has 1 aliphatic carbocycles. The molecule has 10 heteroatoms. The molecule has 0 spiro atoms. The Morgan fingerprint density at radius 1 is 1.20 bits per heavy atom. The van der Waals surface area contributed by atoms with Crippen LogP contribution in [0.2, 0.25) is 10.0 Å². The molecule has 0 heterocycles. The van der Waals surface area contributed by atoms with E-state index in [4.69, 9.17) is 28.4 Å². The second-order valence-electron chi connectivity index (χ2n) is 7.85. The minimum absolute atomic E-state index is 0.235. The smallest absolute Gasteiger partial charge is 0.319 e. The number of rotatable bonds is 8. The number of benzene rings is 1. The lowest BCUT2D eigenvalue weighted by atomic mass is 10.0. The highest BCUT2D eigenvalue weighted by atomic mass is 35.5. The van der Waals surface area contributed by atoms with Gasteiger partial charge in [-0.25, -0.2) is 10.3 Å². The van der Waals surface area contributed by atoms with Crippen molar-refractivity contribution in [2.45, 2.75) is 45.6 Å². The molecule has 0 unspecified atom stereocenters. The predicted octanol–water partition coefficient (Wildman–Crippen LogP) is 3.66. The van der Waals surface area contributed by atoms with E-state index in [0.717, 1.165) is 25.7 Å². The van der Waals surface area contributed by atoms with Gasteiger partial charge in [0, 0.05) is 11.6 Å². The molecule has 4 amide bonds. The molecule has 0 saturated heterocycles.